The number of ketones is 1. The number of aromatic nitrogens is 1. The monoisotopic (exact) mass is 406 g/mol. The fraction of sp³-hybridized carbons (Fsp3) is 0.304. The predicted molar refractivity (Wildman–Crippen MR) is 110 cm³/mol. The predicted octanol–water partition coefficient (Wildman–Crippen LogP) is 2.00. The number of hydrogen-bond donors (Lipinski definition) is 4. The van der Waals surface area contributed by atoms with Crippen molar-refractivity contribution in [2.24, 2.45) is 0 Å². The number of nitriles is 1. The summed E-state index contributed by atoms with van der Waals surface area (Å²) >= 11 is 0. The molecule has 7 nitrogen and oxygen atoms in total. The number of aliphatic hydroxyl groups is 3. The summed E-state index contributed by atoms with van der Waals surface area (Å²) in [6, 6.07) is 12.5. The second-order valence-corrected chi connectivity index (χ2v) is 8.04. The number of nitrogens with zero attached hydrogens (tertiary/aromatic N) is 1. The van der Waals surface area contributed by atoms with Gasteiger partial charge in [-0.2, -0.15) is 5.26 Å². The molecule has 1 aliphatic carbocycles. The molecule has 1 aliphatic rings. The van der Waals surface area contributed by atoms with E-state index in [-0.39, 0.29) is 12.4 Å². The van der Waals surface area contributed by atoms with Crippen molar-refractivity contribution >= 4 is 16.7 Å². The number of carbonyl (C=O) groups is 1. The van der Waals surface area contributed by atoms with Crippen molar-refractivity contribution in [1.82, 2.24) is 4.98 Å². The molecule has 0 spiro atoms. The third-order valence-corrected chi connectivity index (χ3v) is 5.74. The first-order valence-corrected chi connectivity index (χ1v) is 9.63. The van der Waals surface area contributed by atoms with Gasteiger partial charge in [0.1, 0.15) is 24.6 Å². The molecule has 0 fully saturated rings. The molecule has 1 heterocycles. The van der Waals surface area contributed by atoms with Crippen LogP contribution in [0.25, 0.3) is 10.9 Å². The number of nitrogens with one attached hydrogen (secondary N) is 1. The van der Waals surface area contributed by atoms with Gasteiger partial charge >= 0.3 is 0 Å². The molecular weight excluding hydrogens is 384 g/mol. The molecule has 0 saturated carbocycles. The average molecular weight is 406 g/mol. The fourth-order valence-electron chi connectivity index (χ4n) is 3.98. The van der Waals surface area contributed by atoms with Crippen molar-refractivity contribution in [2.75, 3.05) is 13.2 Å². The molecule has 2 unspecified atom stereocenters. The normalized spacial score (nSPS) is 16.5. The molecule has 0 radical (unpaired) electrons. The molecule has 1 aromatic heterocycles. The zero-order valence-corrected chi connectivity index (χ0v) is 16.6. The molecule has 30 heavy (non-hydrogen) atoms. The van der Waals surface area contributed by atoms with Gasteiger partial charge in [-0.15, -0.1) is 0 Å². The van der Waals surface area contributed by atoms with Gasteiger partial charge in [0.15, 0.2) is 5.78 Å². The zero-order chi connectivity index (χ0) is 21.6. The summed E-state index contributed by atoms with van der Waals surface area (Å²) in [5.41, 5.74) is 3.46. The molecule has 0 amide bonds. The second-order valence-electron chi connectivity index (χ2n) is 8.04. The molecule has 4 rings (SSSR count). The highest BCUT2D eigenvalue weighted by Gasteiger charge is 2.39. The largest absolute Gasteiger partial charge is 0.491 e. The zero-order valence-electron chi connectivity index (χ0n) is 16.6. The van der Waals surface area contributed by atoms with Gasteiger partial charge in [0.05, 0.1) is 23.8 Å². The maximum Gasteiger partial charge on any atom is 0.195 e. The van der Waals surface area contributed by atoms with E-state index < -0.39 is 24.2 Å². The van der Waals surface area contributed by atoms with Crippen LogP contribution in [0.15, 0.2) is 36.4 Å². The highest BCUT2D eigenvalue weighted by molar-refractivity contribution is 6.20. The van der Waals surface area contributed by atoms with E-state index in [0.29, 0.717) is 22.4 Å². The van der Waals surface area contributed by atoms with Crippen LogP contribution < -0.4 is 4.74 Å². The Labute approximate surface area is 173 Å². The Hall–Kier alpha value is -3.18. The molecule has 0 bridgehead atoms. The summed E-state index contributed by atoms with van der Waals surface area (Å²) in [5, 5.41) is 38.2. The van der Waals surface area contributed by atoms with Gasteiger partial charge in [0.2, 0.25) is 0 Å². The number of carbonyl (C=O) groups excluding carboxylic acids is 1. The summed E-state index contributed by atoms with van der Waals surface area (Å²) < 4.78 is 5.58. The lowest BCUT2D eigenvalue weighted by Crippen LogP contribution is -2.34. The van der Waals surface area contributed by atoms with Gasteiger partial charge < -0.3 is 25.0 Å². The third-order valence-electron chi connectivity index (χ3n) is 5.74. The summed E-state index contributed by atoms with van der Waals surface area (Å²) in [5.74, 6) is 0.350. The Kier molecular flexibility index (Phi) is 4.86. The van der Waals surface area contributed by atoms with Gasteiger partial charge in [-0.05, 0) is 35.9 Å². The number of fused-ring (bicyclic) bond motifs is 4. The summed E-state index contributed by atoms with van der Waals surface area (Å²) in [6.45, 7) is 3.26. The van der Waals surface area contributed by atoms with Crippen LogP contribution in [-0.4, -0.2) is 51.5 Å². The van der Waals surface area contributed by atoms with Crippen molar-refractivity contribution in [2.45, 2.75) is 31.5 Å². The highest BCUT2D eigenvalue weighted by Crippen LogP contribution is 2.44. The van der Waals surface area contributed by atoms with Crippen LogP contribution in [0.4, 0.5) is 0 Å². The lowest BCUT2D eigenvalue weighted by molar-refractivity contribution is -0.0339. The van der Waals surface area contributed by atoms with Crippen molar-refractivity contribution in [3.05, 3.63) is 64.3 Å². The van der Waals surface area contributed by atoms with Gasteiger partial charge in [-0.25, -0.2) is 0 Å². The first-order chi connectivity index (χ1) is 14.3. The molecule has 154 valence electrons. The maximum absolute atomic E-state index is 13.3. The topological polar surface area (TPSA) is 127 Å². The Morgan fingerprint density at radius 3 is 2.63 bits per heavy atom. The molecular formula is C23H22N2O5. The van der Waals surface area contributed by atoms with E-state index >= 15 is 0 Å². The SMILES string of the molecule is CC1(C)c2cc(OCC(O)C(O)CO)ccc2C(=O)c2c1[nH]c1cc(C#N)ccc21. The molecule has 0 saturated heterocycles. The van der Waals surface area contributed by atoms with Crippen molar-refractivity contribution in [3.8, 4) is 11.8 Å². The van der Waals surface area contributed by atoms with Crippen LogP contribution in [0.2, 0.25) is 0 Å². The Morgan fingerprint density at radius 1 is 1.17 bits per heavy atom. The molecule has 2 aromatic carbocycles. The minimum Gasteiger partial charge on any atom is -0.491 e. The summed E-state index contributed by atoms with van der Waals surface area (Å²) in [6.07, 6.45) is -2.51. The first kappa shape index (κ1) is 20.1. The Balaban J connectivity index is 1.75. The molecule has 0 aliphatic heterocycles. The van der Waals surface area contributed by atoms with Crippen LogP contribution in [0, 0.1) is 11.3 Å². The molecule has 7 heteroatoms. The summed E-state index contributed by atoms with van der Waals surface area (Å²) in [4.78, 5) is 16.6. The van der Waals surface area contributed by atoms with Crippen LogP contribution in [0.3, 0.4) is 0 Å². The van der Waals surface area contributed by atoms with E-state index in [2.05, 4.69) is 11.1 Å². The minimum atomic E-state index is -1.28. The van der Waals surface area contributed by atoms with E-state index in [1.807, 2.05) is 13.8 Å². The minimum absolute atomic E-state index is 0.0995. The number of aromatic amines is 1. The number of aliphatic hydroxyl groups excluding tert-OH is 3. The molecule has 4 N–H and O–H groups in total. The van der Waals surface area contributed by atoms with Crippen LogP contribution >= 0.6 is 0 Å². The van der Waals surface area contributed by atoms with E-state index in [1.54, 1.807) is 36.4 Å². The molecule has 3 aromatic rings. The maximum atomic E-state index is 13.3. The van der Waals surface area contributed by atoms with E-state index in [0.717, 1.165) is 22.2 Å². The first-order valence-electron chi connectivity index (χ1n) is 9.63. The Bertz CT molecular complexity index is 1190. The molecule has 2 atom stereocenters. The standard InChI is InChI=1S/C23H22N2O5/c1-23(2)16-8-13(30-11-19(28)18(27)10-26)4-6-14(16)21(29)20-15-5-3-12(9-24)7-17(15)25-22(20)23/h3-8,18-19,25-28H,10-11H2,1-2H3. The third kappa shape index (κ3) is 3.06. The van der Waals surface area contributed by atoms with Crippen LogP contribution in [0.1, 0.15) is 46.6 Å². The van der Waals surface area contributed by atoms with Crippen LogP contribution in [-0.2, 0) is 5.41 Å². The van der Waals surface area contributed by atoms with E-state index in [4.69, 9.17) is 9.84 Å². The van der Waals surface area contributed by atoms with Gasteiger partial charge in [-0.1, -0.05) is 19.9 Å². The van der Waals surface area contributed by atoms with Gasteiger partial charge in [-0.3, -0.25) is 4.79 Å². The van der Waals surface area contributed by atoms with Crippen molar-refractivity contribution in [1.29, 1.82) is 5.26 Å². The average Bonchev–Trinajstić information content (AvgIpc) is 3.15. The van der Waals surface area contributed by atoms with Gasteiger partial charge in [0, 0.05) is 27.6 Å². The quantitative estimate of drug-likeness (QED) is 0.513. The number of benzene rings is 2. The van der Waals surface area contributed by atoms with Crippen LogP contribution in [0.5, 0.6) is 5.75 Å². The van der Waals surface area contributed by atoms with Crippen molar-refractivity contribution < 1.29 is 24.9 Å². The van der Waals surface area contributed by atoms with Gasteiger partial charge in [0.25, 0.3) is 0 Å². The second kappa shape index (κ2) is 7.26. The number of hydrogen-bond acceptors (Lipinski definition) is 6. The lowest BCUT2D eigenvalue weighted by atomic mass is 9.71. The number of H-pyrrole nitrogens is 1. The smallest absolute Gasteiger partial charge is 0.195 e. The Morgan fingerprint density at radius 2 is 1.93 bits per heavy atom. The van der Waals surface area contributed by atoms with Crippen molar-refractivity contribution in [3.63, 3.8) is 0 Å². The number of rotatable bonds is 5. The fourth-order valence-corrected chi connectivity index (χ4v) is 3.98. The lowest BCUT2D eigenvalue weighted by Gasteiger charge is -2.32. The highest BCUT2D eigenvalue weighted by atomic mass is 16.5. The van der Waals surface area contributed by atoms with E-state index in [9.17, 15) is 20.3 Å². The number of ether oxygens (including phenoxy) is 1. The van der Waals surface area contributed by atoms with E-state index in [1.165, 1.54) is 0 Å². The summed E-state index contributed by atoms with van der Waals surface area (Å²) in [7, 11) is 0.